The monoisotopic (exact) mass is 195 g/mol. The van der Waals surface area contributed by atoms with E-state index in [9.17, 15) is 4.79 Å². The Morgan fingerprint density at radius 1 is 1.57 bits per heavy atom. The second-order valence-electron chi connectivity index (χ2n) is 2.96. The highest BCUT2D eigenvalue weighted by Gasteiger charge is 2.04. The fourth-order valence-corrected chi connectivity index (χ4v) is 1.15. The Bertz CT molecular complexity index is 336. The number of anilines is 1. The van der Waals surface area contributed by atoms with E-state index < -0.39 is 0 Å². The number of ether oxygens (including phenoxy) is 1. The lowest BCUT2D eigenvalue weighted by molar-refractivity contribution is -0.140. The zero-order chi connectivity index (χ0) is 10.6. The first-order valence-electron chi connectivity index (χ1n) is 4.27. The molecule has 4 heteroatoms. The van der Waals surface area contributed by atoms with E-state index in [1.807, 2.05) is 0 Å². The van der Waals surface area contributed by atoms with Crippen molar-refractivity contribution in [1.29, 1.82) is 0 Å². The lowest BCUT2D eigenvalue weighted by atomic mass is 10.1. The predicted molar refractivity (Wildman–Crippen MR) is 52.9 cm³/mol. The minimum absolute atomic E-state index is 0.129. The molecule has 0 heterocycles. The first kappa shape index (κ1) is 10.4. The number of hydrogen-bond donors (Lipinski definition) is 2. The number of rotatable bonds is 3. The van der Waals surface area contributed by atoms with E-state index in [1.165, 1.54) is 13.2 Å². The van der Waals surface area contributed by atoms with Gasteiger partial charge in [0.2, 0.25) is 0 Å². The summed E-state index contributed by atoms with van der Waals surface area (Å²) in [6.45, 7) is 0. The molecule has 0 aliphatic rings. The Hall–Kier alpha value is -1.71. The summed E-state index contributed by atoms with van der Waals surface area (Å²) in [4.78, 5) is 10.9. The third kappa shape index (κ3) is 2.65. The predicted octanol–water partition coefficient (Wildman–Crippen LogP) is 1.08. The molecule has 0 atom stereocenters. The standard InChI is InChI=1S/C10H13NO3/c1-14-10(13)5-3-7-2-4-8(12)6-9(7)11/h2,4,6,12H,3,5,11H2,1H3. The topological polar surface area (TPSA) is 72.5 Å². The number of nitrogen functional groups attached to an aromatic ring is 1. The summed E-state index contributed by atoms with van der Waals surface area (Å²) >= 11 is 0. The molecule has 14 heavy (non-hydrogen) atoms. The van der Waals surface area contributed by atoms with E-state index in [0.29, 0.717) is 18.5 Å². The Morgan fingerprint density at radius 2 is 2.29 bits per heavy atom. The summed E-state index contributed by atoms with van der Waals surface area (Å²) in [5, 5.41) is 9.09. The van der Waals surface area contributed by atoms with Crippen molar-refractivity contribution in [3.05, 3.63) is 23.8 Å². The third-order valence-corrected chi connectivity index (χ3v) is 1.96. The lowest BCUT2D eigenvalue weighted by Crippen LogP contribution is -2.03. The van der Waals surface area contributed by atoms with Crippen LogP contribution in [-0.4, -0.2) is 18.2 Å². The van der Waals surface area contributed by atoms with E-state index in [1.54, 1.807) is 12.1 Å². The molecule has 1 aromatic carbocycles. The second-order valence-corrected chi connectivity index (χ2v) is 2.96. The number of phenols is 1. The summed E-state index contributed by atoms with van der Waals surface area (Å²) in [6, 6.07) is 4.71. The molecule has 0 aliphatic carbocycles. The van der Waals surface area contributed by atoms with Crippen molar-refractivity contribution in [2.24, 2.45) is 0 Å². The van der Waals surface area contributed by atoms with Crippen molar-refractivity contribution in [3.63, 3.8) is 0 Å². The van der Waals surface area contributed by atoms with Gasteiger partial charge in [0.15, 0.2) is 0 Å². The third-order valence-electron chi connectivity index (χ3n) is 1.96. The first-order valence-corrected chi connectivity index (χ1v) is 4.27. The molecule has 0 fully saturated rings. The maximum absolute atomic E-state index is 10.9. The number of phenolic OH excluding ortho intramolecular Hbond substituents is 1. The number of hydrogen-bond acceptors (Lipinski definition) is 4. The molecule has 1 rings (SSSR count). The van der Waals surface area contributed by atoms with Crippen molar-refractivity contribution in [2.75, 3.05) is 12.8 Å². The van der Waals surface area contributed by atoms with Crippen molar-refractivity contribution in [3.8, 4) is 5.75 Å². The van der Waals surface area contributed by atoms with Crippen molar-refractivity contribution in [1.82, 2.24) is 0 Å². The maximum atomic E-state index is 10.9. The summed E-state index contributed by atoms with van der Waals surface area (Å²) in [6.07, 6.45) is 0.824. The number of esters is 1. The van der Waals surface area contributed by atoms with E-state index >= 15 is 0 Å². The average molecular weight is 195 g/mol. The van der Waals surface area contributed by atoms with Crippen LogP contribution in [0.1, 0.15) is 12.0 Å². The number of aromatic hydroxyl groups is 1. The van der Waals surface area contributed by atoms with Crippen LogP contribution in [0.4, 0.5) is 5.69 Å². The van der Waals surface area contributed by atoms with Gasteiger partial charge < -0.3 is 15.6 Å². The molecule has 0 amide bonds. The summed E-state index contributed by atoms with van der Waals surface area (Å²) in [7, 11) is 1.35. The molecule has 0 bridgehead atoms. The quantitative estimate of drug-likeness (QED) is 0.559. The summed E-state index contributed by atoms with van der Waals surface area (Å²) < 4.78 is 4.51. The smallest absolute Gasteiger partial charge is 0.305 e. The Labute approximate surface area is 82.3 Å². The molecule has 0 saturated heterocycles. The molecule has 4 nitrogen and oxygen atoms in total. The Kier molecular flexibility index (Phi) is 3.34. The zero-order valence-electron chi connectivity index (χ0n) is 7.99. The minimum atomic E-state index is -0.266. The zero-order valence-corrected chi connectivity index (χ0v) is 7.99. The molecule has 0 radical (unpaired) electrons. The fraction of sp³-hybridized carbons (Fsp3) is 0.300. The van der Waals surface area contributed by atoms with Crippen LogP contribution < -0.4 is 5.73 Å². The van der Waals surface area contributed by atoms with Gasteiger partial charge >= 0.3 is 5.97 Å². The highest BCUT2D eigenvalue weighted by molar-refractivity contribution is 5.70. The highest BCUT2D eigenvalue weighted by atomic mass is 16.5. The van der Waals surface area contributed by atoms with E-state index in [4.69, 9.17) is 10.8 Å². The number of carbonyl (C=O) groups is 1. The lowest BCUT2D eigenvalue weighted by Gasteiger charge is -2.04. The number of nitrogens with two attached hydrogens (primary N) is 1. The van der Waals surface area contributed by atoms with Crippen LogP contribution >= 0.6 is 0 Å². The van der Waals surface area contributed by atoms with Gasteiger partial charge in [0.1, 0.15) is 5.75 Å². The van der Waals surface area contributed by atoms with Crippen LogP contribution in [0, 0.1) is 0 Å². The van der Waals surface area contributed by atoms with Crippen molar-refractivity contribution >= 4 is 11.7 Å². The number of carbonyl (C=O) groups excluding carboxylic acids is 1. The average Bonchev–Trinajstić information content (AvgIpc) is 2.16. The van der Waals surface area contributed by atoms with Gasteiger partial charge in [-0.1, -0.05) is 6.07 Å². The number of methoxy groups -OCH3 is 1. The van der Waals surface area contributed by atoms with E-state index in [-0.39, 0.29) is 11.7 Å². The maximum Gasteiger partial charge on any atom is 0.305 e. The van der Waals surface area contributed by atoms with Gasteiger partial charge in [-0.2, -0.15) is 0 Å². The highest BCUT2D eigenvalue weighted by Crippen LogP contribution is 2.19. The molecule has 0 saturated carbocycles. The van der Waals surface area contributed by atoms with Gasteiger partial charge in [-0.25, -0.2) is 0 Å². The molecule has 76 valence electrons. The van der Waals surface area contributed by atoms with Crippen molar-refractivity contribution < 1.29 is 14.6 Å². The normalized spacial score (nSPS) is 9.79. The molecule has 0 aliphatic heterocycles. The van der Waals surface area contributed by atoms with E-state index in [0.717, 1.165) is 5.56 Å². The number of benzene rings is 1. The molecular formula is C10H13NO3. The van der Waals surface area contributed by atoms with Gasteiger partial charge in [-0.3, -0.25) is 4.79 Å². The van der Waals surface area contributed by atoms with Crippen LogP contribution in [-0.2, 0) is 16.0 Å². The van der Waals surface area contributed by atoms with Gasteiger partial charge in [-0.15, -0.1) is 0 Å². The van der Waals surface area contributed by atoms with Crippen LogP contribution in [0.2, 0.25) is 0 Å². The molecule has 0 spiro atoms. The summed E-state index contributed by atoms with van der Waals surface area (Å²) in [5.74, 6) is -0.137. The SMILES string of the molecule is COC(=O)CCc1ccc(O)cc1N. The molecular weight excluding hydrogens is 182 g/mol. The molecule has 3 N–H and O–H groups in total. The Morgan fingerprint density at radius 3 is 2.86 bits per heavy atom. The van der Waals surface area contributed by atoms with Crippen LogP contribution in [0.15, 0.2) is 18.2 Å². The second kappa shape index (κ2) is 4.50. The van der Waals surface area contributed by atoms with Gasteiger partial charge in [0.05, 0.1) is 7.11 Å². The fourth-order valence-electron chi connectivity index (χ4n) is 1.15. The van der Waals surface area contributed by atoms with Crippen LogP contribution in [0.25, 0.3) is 0 Å². The summed E-state index contributed by atoms with van der Waals surface area (Å²) in [5.41, 5.74) is 6.97. The van der Waals surface area contributed by atoms with Gasteiger partial charge in [0, 0.05) is 18.2 Å². The van der Waals surface area contributed by atoms with Gasteiger partial charge in [-0.05, 0) is 18.1 Å². The first-order chi connectivity index (χ1) is 6.63. The van der Waals surface area contributed by atoms with Crippen LogP contribution in [0.5, 0.6) is 5.75 Å². The molecule has 1 aromatic rings. The molecule has 0 aromatic heterocycles. The minimum Gasteiger partial charge on any atom is -0.508 e. The Balaban J connectivity index is 2.63. The molecule has 0 unspecified atom stereocenters. The number of aryl methyl sites for hydroxylation is 1. The largest absolute Gasteiger partial charge is 0.508 e. The van der Waals surface area contributed by atoms with Crippen molar-refractivity contribution in [2.45, 2.75) is 12.8 Å². The van der Waals surface area contributed by atoms with Crippen LogP contribution in [0.3, 0.4) is 0 Å². The van der Waals surface area contributed by atoms with Gasteiger partial charge in [0.25, 0.3) is 0 Å². The van der Waals surface area contributed by atoms with E-state index in [2.05, 4.69) is 4.74 Å².